The normalized spacial score (nSPS) is 28.7. The highest BCUT2D eigenvalue weighted by Gasteiger charge is 2.53. The average Bonchev–Trinajstić information content (AvgIpc) is 2.87. The SMILES string of the molecule is COc1ccc(CO[C@@H]2[C@@H](OC(=O)C(C)(C)C)[C@@H]3OC(c4ccccc4)OC[C@H]3O[C@H]2SC)cc1. The van der Waals surface area contributed by atoms with Gasteiger partial charge in [0.1, 0.15) is 29.5 Å². The van der Waals surface area contributed by atoms with Gasteiger partial charge in [-0.25, -0.2) is 0 Å². The first-order chi connectivity index (χ1) is 16.8. The third kappa shape index (κ3) is 6.19. The van der Waals surface area contributed by atoms with Crippen molar-refractivity contribution >= 4 is 17.7 Å². The van der Waals surface area contributed by atoms with Gasteiger partial charge in [0, 0.05) is 5.56 Å². The number of carbonyl (C=O) groups excluding carboxylic acids is 1. The monoisotopic (exact) mass is 502 g/mol. The van der Waals surface area contributed by atoms with E-state index in [0.29, 0.717) is 13.2 Å². The molecule has 6 atom stereocenters. The van der Waals surface area contributed by atoms with Gasteiger partial charge in [-0.15, -0.1) is 11.8 Å². The second-order valence-corrected chi connectivity index (χ2v) is 10.6. The van der Waals surface area contributed by atoms with Crippen LogP contribution in [0.4, 0.5) is 0 Å². The number of esters is 1. The van der Waals surface area contributed by atoms with E-state index in [-0.39, 0.29) is 17.5 Å². The fraction of sp³-hybridized carbons (Fsp3) is 0.519. The Balaban J connectivity index is 1.58. The summed E-state index contributed by atoms with van der Waals surface area (Å²) in [6.07, 6.45) is -0.740. The maximum absolute atomic E-state index is 13.0. The zero-order valence-electron chi connectivity index (χ0n) is 20.8. The fourth-order valence-electron chi connectivity index (χ4n) is 4.04. The third-order valence-corrected chi connectivity index (χ3v) is 6.89. The molecule has 190 valence electrons. The highest BCUT2D eigenvalue weighted by atomic mass is 32.2. The molecule has 2 aromatic carbocycles. The van der Waals surface area contributed by atoms with E-state index in [1.807, 2.05) is 81.6 Å². The number of hydrogen-bond donors (Lipinski definition) is 0. The van der Waals surface area contributed by atoms with Crippen LogP contribution in [-0.2, 0) is 35.1 Å². The molecule has 2 fully saturated rings. The van der Waals surface area contributed by atoms with Gasteiger partial charge in [0.05, 0.1) is 25.7 Å². The molecular formula is C27H34O7S. The van der Waals surface area contributed by atoms with Crippen molar-refractivity contribution in [3.05, 3.63) is 65.7 Å². The van der Waals surface area contributed by atoms with E-state index >= 15 is 0 Å². The van der Waals surface area contributed by atoms with Gasteiger partial charge in [-0.05, 0) is 44.7 Å². The molecule has 2 aromatic rings. The first kappa shape index (κ1) is 26.0. The molecule has 0 N–H and O–H groups in total. The molecule has 0 aromatic heterocycles. The number of methoxy groups -OCH3 is 1. The number of ether oxygens (including phenoxy) is 6. The molecule has 0 aliphatic carbocycles. The first-order valence-corrected chi connectivity index (χ1v) is 13.0. The second kappa shape index (κ2) is 11.3. The van der Waals surface area contributed by atoms with Crippen LogP contribution in [0.1, 0.15) is 38.2 Å². The predicted molar refractivity (Wildman–Crippen MR) is 133 cm³/mol. The topological polar surface area (TPSA) is 72.5 Å². The third-order valence-electron chi connectivity index (χ3n) is 6.04. The Morgan fingerprint density at radius 2 is 1.74 bits per heavy atom. The largest absolute Gasteiger partial charge is 0.497 e. The highest BCUT2D eigenvalue weighted by molar-refractivity contribution is 7.99. The number of rotatable bonds is 7. The maximum Gasteiger partial charge on any atom is 0.311 e. The molecule has 0 bridgehead atoms. The molecule has 35 heavy (non-hydrogen) atoms. The summed E-state index contributed by atoms with van der Waals surface area (Å²) in [5.41, 5.74) is 0.846. The quantitative estimate of drug-likeness (QED) is 0.503. The lowest BCUT2D eigenvalue weighted by Crippen LogP contribution is -2.63. The van der Waals surface area contributed by atoms with Gasteiger partial charge in [-0.3, -0.25) is 4.79 Å². The van der Waals surface area contributed by atoms with E-state index in [1.165, 1.54) is 11.8 Å². The molecule has 1 unspecified atom stereocenters. The lowest BCUT2D eigenvalue weighted by molar-refractivity contribution is -0.325. The van der Waals surface area contributed by atoms with E-state index in [0.717, 1.165) is 16.9 Å². The van der Waals surface area contributed by atoms with Gasteiger partial charge < -0.3 is 28.4 Å². The summed E-state index contributed by atoms with van der Waals surface area (Å²) in [7, 11) is 1.63. The molecule has 4 rings (SSSR count). The Morgan fingerprint density at radius 3 is 2.37 bits per heavy atom. The van der Waals surface area contributed by atoms with Crippen LogP contribution in [0.2, 0.25) is 0 Å². The Bertz CT molecular complexity index is 960. The summed E-state index contributed by atoms with van der Waals surface area (Å²) in [5, 5.41) is 0. The van der Waals surface area contributed by atoms with E-state index < -0.39 is 30.0 Å². The van der Waals surface area contributed by atoms with Crippen molar-refractivity contribution < 1.29 is 33.2 Å². The van der Waals surface area contributed by atoms with E-state index in [2.05, 4.69) is 0 Å². The van der Waals surface area contributed by atoms with Gasteiger partial charge in [-0.1, -0.05) is 42.5 Å². The number of hydrogen-bond acceptors (Lipinski definition) is 8. The minimum absolute atomic E-state index is 0.313. The minimum atomic E-state index is -0.673. The van der Waals surface area contributed by atoms with Crippen LogP contribution < -0.4 is 4.74 Å². The Kier molecular flexibility index (Phi) is 8.39. The van der Waals surface area contributed by atoms with Crippen molar-refractivity contribution in [3.63, 3.8) is 0 Å². The van der Waals surface area contributed by atoms with Crippen molar-refractivity contribution in [2.45, 2.75) is 63.5 Å². The summed E-state index contributed by atoms with van der Waals surface area (Å²) in [6, 6.07) is 17.4. The van der Waals surface area contributed by atoms with Gasteiger partial charge in [0.25, 0.3) is 0 Å². The molecule has 2 saturated heterocycles. The minimum Gasteiger partial charge on any atom is -0.497 e. The molecule has 2 heterocycles. The van der Waals surface area contributed by atoms with Gasteiger partial charge in [0.2, 0.25) is 0 Å². The number of fused-ring (bicyclic) bond motifs is 1. The smallest absolute Gasteiger partial charge is 0.311 e. The van der Waals surface area contributed by atoms with Crippen molar-refractivity contribution in [2.75, 3.05) is 20.0 Å². The summed E-state index contributed by atoms with van der Waals surface area (Å²) in [5.74, 6) is 0.464. The molecule has 0 amide bonds. The van der Waals surface area contributed by atoms with E-state index in [1.54, 1.807) is 7.11 Å². The van der Waals surface area contributed by atoms with Crippen LogP contribution in [0, 0.1) is 5.41 Å². The van der Waals surface area contributed by atoms with Crippen LogP contribution >= 0.6 is 11.8 Å². The second-order valence-electron chi connectivity index (χ2n) is 9.70. The highest BCUT2D eigenvalue weighted by Crippen LogP contribution is 2.39. The molecule has 7 nitrogen and oxygen atoms in total. The van der Waals surface area contributed by atoms with Crippen molar-refractivity contribution in [1.29, 1.82) is 0 Å². The first-order valence-electron chi connectivity index (χ1n) is 11.8. The summed E-state index contributed by atoms with van der Waals surface area (Å²) >= 11 is 1.52. The van der Waals surface area contributed by atoms with Crippen LogP contribution in [0.3, 0.4) is 0 Å². The summed E-state index contributed by atoms with van der Waals surface area (Å²) in [6.45, 7) is 6.17. The zero-order chi connectivity index (χ0) is 25.0. The van der Waals surface area contributed by atoms with Crippen LogP contribution in [0.5, 0.6) is 5.75 Å². The zero-order valence-corrected chi connectivity index (χ0v) is 21.7. The average molecular weight is 503 g/mol. The Hall–Kier alpha value is -2.10. The van der Waals surface area contributed by atoms with E-state index in [4.69, 9.17) is 28.4 Å². The molecule has 0 spiro atoms. The standard InChI is InChI=1S/C27H34O7S/c1-27(2,3)26(28)34-22-21-20(16-31-24(33-21)18-9-7-6-8-10-18)32-25(35-5)23(22)30-15-17-11-13-19(29-4)14-12-17/h6-14,20-25H,15-16H2,1-5H3/t20-,21-,22+,23-,24?,25+/m1/s1. The number of carbonyl (C=O) groups is 1. The van der Waals surface area contributed by atoms with Crippen LogP contribution in [-0.4, -0.2) is 55.8 Å². The lowest BCUT2D eigenvalue weighted by atomic mass is 9.95. The van der Waals surface area contributed by atoms with Gasteiger partial charge in [0.15, 0.2) is 12.4 Å². The molecule has 8 heteroatoms. The lowest BCUT2D eigenvalue weighted by Gasteiger charge is -2.48. The number of thioether (sulfide) groups is 1. The fourth-order valence-corrected chi connectivity index (χ4v) is 4.80. The summed E-state index contributed by atoms with van der Waals surface area (Å²) in [4.78, 5) is 13.0. The molecule has 2 aliphatic heterocycles. The predicted octanol–water partition coefficient (Wildman–Crippen LogP) is 4.74. The molecular weight excluding hydrogens is 468 g/mol. The Morgan fingerprint density at radius 1 is 1.03 bits per heavy atom. The molecule has 0 radical (unpaired) electrons. The van der Waals surface area contributed by atoms with E-state index in [9.17, 15) is 4.79 Å². The Labute approximate surface area is 211 Å². The maximum atomic E-state index is 13.0. The van der Waals surface area contributed by atoms with Crippen molar-refractivity contribution in [3.8, 4) is 5.75 Å². The van der Waals surface area contributed by atoms with Gasteiger partial charge >= 0.3 is 5.97 Å². The van der Waals surface area contributed by atoms with Crippen LogP contribution in [0.25, 0.3) is 0 Å². The van der Waals surface area contributed by atoms with Crippen molar-refractivity contribution in [1.82, 2.24) is 0 Å². The number of benzene rings is 2. The van der Waals surface area contributed by atoms with Gasteiger partial charge in [-0.2, -0.15) is 0 Å². The molecule has 0 saturated carbocycles. The molecule has 2 aliphatic rings. The summed E-state index contributed by atoms with van der Waals surface area (Å²) < 4.78 is 36.4. The van der Waals surface area contributed by atoms with Crippen LogP contribution in [0.15, 0.2) is 54.6 Å². The van der Waals surface area contributed by atoms with Crippen molar-refractivity contribution in [2.24, 2.45) is 5.41 Å².